The molecule has 4 rings (SSSR count). The summed E-state index contributed by atoms with van der Waals surface area (Å²) in [4.78, 5) is 11.9. The van der Waals surface area contributed by atoms with Gasteiger partial charge in [-0.1, -0.05) is 97.8 Å². The number of aryl methyl sites for hydroxylation is 2. The molecule has 0 unspecified atom stereocenters. The van der Waals surface area contributed by atoms with Gasteiger partial charge in [0.05, 0.1) is 0 Å². The van der Waals surface area contributed by atoms with E-state index in [0.717, 1.165) is 6.42 Å². The lowest BCUT2D eigenvalue weighted by Gasteiger charge is -2.30. The fraction of sp³-hybridized carbons (Fsp3) is 0.258. The molecule has 0 aliphatic rings. The number of hydrogen-bond acceptors (Lipinski definition) is 1. The lowest BCUT2D eigenvalue weighted by Crippen LogP contribution is -2.20. The maximum atomic E-state index is 11.9. The molecule has 162 valence electrons. The van der Waals surface area contributed by atoms with Gasteiger partial charge in [0.15, 0.2) is 0 Å². The highest BCUT2D eigenvalue weighted by Crippen LogP contribution is 2.44. The van der Waals surface area contributed by atoms with Gasteiger partial charge in [-0.25, -0.2) is 0 Å². The topological polar surface area (TPSA) is 17.1 Å². The van der Waals surface area contributed by atoms with Gasteiger partial charge in [0.1, 0.15) is 5.78 Å². The first-order chi connectivity index (χ1) is 15.3. The molecule has 0 N–H and O–H groups in total. The average molecular weight is 421 g/mol. The van der Waals surface area contributed by atoms with E-state index in [4.69, 9.17) is 0 Å². The van der Waals surface area contributed by atoms with Gasteiger partial charge in [0.2, 0.25) is 0 Å². The third-order valence-corrected chi connectivity index (χ3v) is 6.55. The number of benzene rings is 4. The quantitative estimate of drug-likeness (QED) is 0.306. The third kappa shape index (κ3) is 4.39. The summed E-state index contributed by atoms with van der Waals surface area (Å²) in [6.07, 6.45) is 1.42. The van der Waals surface area contributed by atoms with E-state index in [9.17, 15) is 4.79 Å². The Morgan fingerprint density at radius 3 is 2.06 bits per heavy atom. The highest BCUT2D eigenvalue weighted by Gasteiger charge is 2.27. The van der Waals surface area contributed by atoms with Gasteiger partial charge >= 0.3 is 0 Å². The largest absolute Gasteiger partial charge is 0.300 e. The Bertz CT molecular complexity index is 1260. The van der Waals surface area contributed by atoms with Crippen LogP contribution in [0.4, 0.5) is 0 Å². The fourth-order valence-corrected chi connectivity index (χ4v) is 4.58. The van der Waals surface area contributed by atoms with Gasteiger partial charge in [-0.3, -0.25) is 0 Å². The van der Waals surface area contributed by atoms with Crippen LogP contribution in [0.3, 0.4) is 0 Å². The van der Waals surface area contributed by atoms with Gasteiger partial charge in [-0.05, 0) is 77.3 Å². The lowest BCUT2D eigenvalue weighted by molar-refractivity contribution is -0.117. The van der Waals surface area contributed by atoms with Gasteiger partial charge in [-0.2, -0.15) is 0 Å². The van der Waals surface area contributed by atoms with E-state index >= 15 is 0 Å². The Labute approximate surface area is 192 Å². The second kappa shape index (κ2) is 8.74. The zero-order valence-corrected chi connectivity index (χ0v) is 19.8. The van der Waals surface area contributed by atoms with Crippen molar-refractivity contribution in [2.24, 2.45) is 0 Å². The van der Waals surface area contributed by atoms with E-state index in [2.05, 4.69) is 107 Å². The minimum Gasteiger partial charge on any atom is -0.300 e. The van der Waals surface area contributed by atoms with Gasteiger partial charge < -0.3 is 4.79 Å². The summed E-state index contributed by atoms with van der Waals surface area (Å²) < 4.78 is 0. The molecule has 0 spiro atoms. The van der Waals surface area contributed by atoms with Crippen molar-refractivity contribution in [3.05, 3.63) is 95.6 Å². The predicted molar refractivity (Wildman–Crippen MR) is 137 cm³/mol. The van der Waals surface area contributed by atoms with Crippen LogP contribution in [0.1, 0.15) is 50.3 Å². The summed E-state index contributed by atoms with van der Waals surface area (Å²) in [7, 11) is 0. The van der Waals surface area contributed by atoms with Crippen LogP contribution < -0.4 is 0 Å². The zero-order chi connectivity index (χ0) is 22.9. The van der Waals surface area contributed by atoms with Crippen molar-refractivity contribution in [3.63, 3.8) is 0 Å². The van der Waals surface area contributed by atoms with Crippen LogP contribution in [0.2, 0.25) is 0 Å². The number of rotatable bonds is 6. The van der Waals surface area contributed by atoms with Crippen LogP contribution in [0.5, 0.6) is 0 Å². The third-order valence-electron chi connectivity index (χ3n) is 6.55. The van der Waals surface area contributed by atoms with E-state index in [-0.39, 0.29) is 11.2 Å². The zero-order valence-electron chi connectivity index (χ0n) is 19.8. The van der Waals surface area contributed by atoms with Crippen molar-refractivity contribution >= 4 is 16.6 Å². The number of carbonyl (C=O) groups excluding carboxylic acids is 1. The highest BCUT2D eigenvalue weighted by molar-refractivity contribution is 6.07. The van der Waals surface area contributed by atoms with Crippen molar-refractivity contribution in [3.8, 4) is 22.3 Å². The minimum atomic E-state index is -0.145. The van der Waals surface area contributed by atoms with Crippen LogP contribution in [0.25, 0.3) is 33.0 Å². The Hall–Kier alpha value is -3.19. The minimum absolute atomic E-state index is 0.145. The number of carbonyl (C=O) groups is 1. The second-order valence-electron chi connectivity index (χ2n) is 9.71. The van der Waals surface area contributed by atoms with Crippen LogP contribution in [0, 0.1) is 13.8 Å². The van der Waals surface area contributed by atoms with Crippen molar-refractivity contribution in [1.82, 2.24) is 0 Å². The normalized spacial score (nSPS) is 11.7. The number of ketones is 1. The van der Waals surface area contributed by atoms with E-state index in [0.29, 0.717) is 6.42 Å². The second-order valence-corrected chi connectivity index (χ2v) is 9.71. The maximum absolute atomic E-state index is 11.9. The summed E-state index contributed by atoms with van der Waals surface area (Å²) in [5.41, 5.74) is 8.67. The number of Topliss-reactive ketones (excluding diaryl/α,β-unsaturated/α-hetero) is 1. The van der Waals surface area contributed by atoms with Gasteiger partial charge in [-0.15, -0.1) is 0 Å². The molecule has 1 nitrogen and oxygen atoms in total. The molecular formula is C31H32O. The van der Waals surface area contributed by atoms with Crippen molar-refractivity contribution in [2.75, 3.05) is 0 Å². The maximum Gasteiger partial charge on any atom is 0.129 e. The van der Waals surface area contributed by atoms with Crippen molar-refractivity contribution in [1.29, 1.82) is 0 Å². The first kappa shape index (κ1) is 22.0. The molecule has 4 aromatic carbocycles. The van der Waals surface area contributed by atoms with Crippen LogP contribution in [-0.4, -0.2) is 5.78 Å². The first-order valence-corrected chi connectivity index (χ1v) is 11.5. The summed E-state index contributed by atoms with van der Waals surface area (Å²) >= 11 is 0. The van der Waals surface area contributed by atoms with E-state index in [1.54, 1.807) is 6.92 Å². The molecule has 4 aromatic rings. The molecule has 0 bridgehead atoms. The molecule has 0 saturated carbocycles. The van der Waals surface area contributed by atoms with Gasteiger partial charge in [0.25, 0.3) is 0 Å². The first-order valence-electron chi connectivity index (χ1n) is 11.5. The summed E-state index contributed by atoms with van der Waals surface area (Å²) in [5, 5.41) is 2.55. The Morgan fingerprint density at radius 1 is 0.750 bits per heavy atom. The fourth-order valence-electron chi connectivity index (χ4n) is 4.58. The van der Waals surface area contributed by atoms with Gasteiger partial charge in [0, 0.05) is 6.42 Å². The number of fused-ring (bicyclic) bond motifs is 1. The molecule has 0 saturated heterocycles. The predicted octanol–water partition coefficient (Wildman–Crippen LogP) is 8.44. The Morgan fingerprint density at radius 2 is 1.41 bits per heavy atom. The summed E-state index contributed by atoms with van der Waals surface area (Å²) in [6.45, 7) is 10.5. The molecule has 0 aliphatic carbocycles. The van der Waals surface area contributed by atoms with E-state index < -0.39 is 0 Å². The van der Waals surface area contributed by atoms with E-state index in [1.807, 2.05) is 0 Å². The molecule has 0 heterocycles. The van der Waals surface area contributed by atoms with Crippen LogP contribution in [-0.2, 0) is 10.2 Å². The lowest BCUT2D eigenvalue weighted by atomic mass is 9.73. The molecule has 1 heteroatoms. The Balaban J connectivity index is 2.09. The molecule has 0 radical (unpaired) electrons. The standard InChI is InChI=1S/C31H32O/c1-21-11-14-24(15-12-21)27-20-29(31(4,5)18-17-23(3)32)30(25-9-7-6-8-10-25)28-19-22(2)13-16-26(27)28/h6-16,19-20H,17-18H2,1-5H3. The molecular weight excluding hydrogens is 388 g/mol. The van der Waals surface area contributed by atoms with Crippen molar-refractivity contribution in [2.45, 2.75) is 52.9 Å². The van der Waals surface area contributed by atoms with Crippen LogP contribution in [0.15, 0.2) is 78.9 Å². The highest BCUT2D eigenvalue weighted by atomic mass is 16.1. The molecule has 0 aromatic heterocycles. The molecule has 0 aliphatic heterocycles. The molecule has 0 amide bonds. The summed E-state index contributed by atoms with van der Waals surface area (Å²) in [5.74, 6) is 0.245. The molecule has 32 heavy (non-hydrogen) atoms. The summed E-state index contributed by atoms with van der Waals surface area (Å²) in [6, 6.07) is 28.7. The van der Waals surface area contributed by atoms with Crippen LogP contribution >= 0.6 is 0 Å². The Kier molecular flexibility index (Phi) is 6.02. The molecule has 0 fully saturated rings. The van der Waals surface area contributed by atoms with E-state index in [1.165, 1.54) is 49.7 Å². The molecule has 0 atom stereocenters. The number of hydrogen-bond donors (Lipinski definition) is 0. The monoisotopic (exact) mass is 420 g/mol. The smallest absolute Gasteiger partial charge is 0.129 e. The van der Waals surface area contributed by atoms with Crippen molar-refractivity contribution < 1.29 is 4.79 Å². The average Bonchev–Trinajstić information content (AvgIpc) is 2.77. The SMILES string of the molecule is CC(=O)CCC(C)(C)c1cc(-c2ccc(C)cc2)c2ccc(C)cc2c1-c1ccccc1.